The Labute approximate surface area is 119 Å². The van der Waals surface area contributed by atoms with Gasteiger partial charge in [-0.05, 0) is 27.2 Å². The number of hydrogen-bond acceptors (Lipinski definition) is 5. The van der Waals surface area contributed by atoms with Crippen LogP contribution in [-0.4, -0.2) is 62.4 Å². The van der Waals surface area contributed by atoms with Crippen molar-refractivity contribution < 1.29 is 9.53 Å². The fourth-order valence-corrected chi connectivity index (χ4v) is 2.13. The highest BCUT2D eigenvalue weighted by molar-refractivity contribution is 5.68. The minimum absolute atomic E-state index is 0.222. The number of hydrogen-bond donors (Lipinski definition) is 0. The van der Waals surface area contributed by atoms with Gasteiger partial charge in [-0.2, -0.15) is 5.10 Å². The van der Waals surface area contributed by atoms with Crippen molar-refractivity contribution in [2.24, 2.45) is 0 Å². The van der Waals surface area contributed by atoms with Gasteiger partial charge in [-0.3, -0.25) is 4.90 Å². The van der Waals surface area contributed by atoms with Crippen molar-refractivity contribution >= 4 is 6.09 Å². The van der Waals surface area contributed by atoms with E-state index in [-0.39, 0.29) is 6.09 Å². The van der Waals surface area contributed by atoms with Gasteiger partial charge in [0.15, 0.2) is 0 Å². The lowest BCUT2D eigenvalue weighted by Crippen LogP contribution is -2.39. The van der Waals surface area contributed by atoms with Crippen LogP contribution in [0.5, 0.6) is 0 Å². The lowest BCUT2D eigenvalue weighted by atomic mass is 10.2. The molecule has 0 aromatic carbocycles. The first-order valence-corrected chi connectivity index (χ1v) is 6.97. The molecule has 7 heteroatoms. The van der Waals surface area contributed by atoms with Gasteiger partial charge in [0.05, 0.1) is 6.67 Å². The van der Waals surface area contributed by atoms with Crippen LogP contribution in [0.4, 0.5) is 4.79 Å². The van der Waals surface area contributed by atoms with Gasteiger partial charge in [-0.1, -0.05) is 0 Å². The second-order valence-electron chi connectivity index (χ2n) is 6.02. The normalized spacial score (nSPS) is 17.9. The van der Waals surface area contributed by atoms with E-state index in [2.05, 4.69) is 15.0 Å². The van der Waals surface area contributed by atoms with Crippen molar-refractivity contribution in [2.45, 2.75) is 39.5 Å². The van der Waals surface area contributed by atoms with Crippen LogP contribution in [0.25, 0.3) is 0 Å². The van der Waals surface area contributed by atoms with Gasteiger partial charge in [0.2, 0.25) is 0 Å². The maximum atomic E-state index is 12.0. The number of carbonyl (C=O) groups is 1. The summed E-state index contributed by atoms with van der Waals surface area (Å²) in [5.74, 6) is 0. The lowest BCUT2D eigenvalue weighted by molar-refractivity contribution is 0.0256. The maximum absolute atomic E-state index is 12.0. The molecule has 7 nitrogen and oxygen atoms in total. The Kier molecular flexibility index (Phi) is 4.59. The van der Waals surface area contributed by atoms with Crippen LogP contribution in [-0.2, 0) is 11.4 Å². The van der Waals surface area contributed by atoms with Gasteiger partial charge in [-0.25, -0.2) is 14.5 Å². The van der Waals surface area contributed by atoms with E-state index in [1.807, 2.05) is 20.8 Å². The van der Waals surface area contributed by atoms with E-state index in [1.165, 1.54) is 6.33 Å². The van der Waals surface area contributed by atoms with Crippen molar-refractivity contribution in [1.29, 1.82) is 0 Å². The molecule has 1 fully saturated rings. The van der Waals surface area contributed by atoms with Gasteiger partial charge in [-0.15, -0.1) is 0 Å². The van der Waals surface area contributed by atoms with Crippen molar-refractivity contribution in [3.8, 4) is 0 Å². The summed E-state index contributed by atoms with van der Waals surface area (Å²) >= 11 is 0. The molecule has 0 saturated carbocycles. The number of amides is 1. The lowest BCUT2D eigenvalue weighted by Gasteiger charge is -2.26. The first kappa shape index (κ1) is 14.8. The topological polar surface area (TPSA) is 63.5 Å². The Hall–Kier alpha value is -1.63. The van der Waals surface area contributed by atoms with Gasteiger partial charge in [0.25, 0.3) is 0 Å². The third kappa shape index (κ3) is 4.48. The molecule has 0 bridgehead atoms. The SMILES string of the molecule is CC(C)(C)OC(=O)N1CCCN(Cn2cncn2)CC1. The van der Waals surface area contributed by atoms with E-state index >= 15 is 0 Å². The zero-order valence-corrected chi connectivity index (χ0v) is 12.4. The van der Waals surface area contributed by atoms with Gasteiger partial charge < -0.3 is 9.64 Å². The Morgan fingerprint density at radius 2 is 2.05 bits per heavy atom. The average molecular weight is 281 g/mol. The maximum Gasteiger partial charge on any atom is 0.410 e. The van der Waals surface area contributed by atoms with Gasteiger partial charge in [0, 0.05) is 26.2 Å². The minimum atomic E-state index is -0.441. The van der Waals surface area contributed by atoms with Gasteiger partial charge >= 0.3 is 6.09 Å². The molecule has 0 spiro atoms. The predicted octanol–water partition coefficient (Wildman–Crippen LogP) is 1.18. The Bertz CT molecular complexity index is 426. The molecular formula is C13H23N5O2. The number of carbonyl (C=O) groups excluding carboxylic acids is 1. The Morgan fingerprint density at radius 1 is 1.25 bits per heavy atom. The molecule has 0 radical (unpaired) electrons. The molecule has 1 amide bonds. The summed E-state index contributed by atoms with van der Waals surface area (Å²) in [4.78, 5) is 20.0. The summed E-state index contributed by atoms with van der Waals surface area (Å²) in [6.07, 6.45) is 3.95. The first-order chi connectivity index (χ1) is 9.44. The summed E-state index contributed by atoms with van der Waals surface area (Å²) in [6.45, 7) is 9.56. The predicted molar refractivity (Wildman–Crippen MR) is 74.0 cm³/mol. The minimum Gasteiger partial charge on any atom is -0.444 e. The third-order valence-electron chi connectivity index (χ3n) is 3.05. The average Bonchev–Trinajstić information content (AvgIpc) is 2.72. The molecule has 0 N–H and O–H groups in total. The van der Waals surface area contributed by atoms with Crippen LogP contribution >= 0.6 is 0 Å². The molecule has 2 heterocycles. The summed E-state index contributed by atoms with van der Waals surface area (Å²) < 4.78 is 7.21. The Balaban J connectivity index is 1.84. The van der Waals surface area contributed by atoms with Crippen LogP contribution < -0.4 is 0 Å². The highest BCUT2D eigenvalue weighted by Crippen LogP contribution is 2.12. The zero-order valence-electron chi connectivity index (χ0n) is 12.4. The number of ether oxygens (including phenoxy) is 1. The molecule has 1 aromatic heterocycles. The smallest absolute Gasteiger partial charge is 0.410 e. The standard InChI is InChI=1S/C13H23N5O2/c1-13(2,3)20-12(19)17-6-4-5-16(7-8-17)11-18-10-14-9-15-18/h9-10H,4-8,11H2,1-3H3. The van der Waals surface area contributed by atoms with E-state index in [9.17, 15) is 4.79 Å². The molecule has 20 heavy (non-hydrogen) atoms. The fraction of sp³-hybridized carbons (Fsp3) is 0.769. The van der Waals surface area contributed by atoms with Crippen LogP contribution in [0.1, 0.15) is 27.2 Å². The second-order valence-corrected chi connectivity index (χ2v) is 6.02. The third-order valence-corrected chi connectivity index (χ3v) is 3.05. The van der Waals surface area contributed by atoms with E-state index < -0.39 is 5.60 Å². The summed E-state index contributed by atoms with van der Waals surface area (Å²) in [7, 11) is 0. The van der Waals surface area contributed by atoms with E-state index in [0.717, 1.165) is 26.1 Å². The fourth-order valence-electron chi connectivity index (χ4n) is 2.13. The van der Waals surface area contributed by atoms with Crippen LogP contribution in [0.3, 0.4) is 0 Å². The number of nitrogens with zero attached hydrogens (tertiary/aromatic N) is 5. The largest absolute Gasteiger partial charge is 0.444 e. The molecule has 1 saturated heterocycles. The summed E-state index contributed by atoms with van der Waals surface area (Å²) in [6, 6.07) is 0. The molecular weight excluding hydrogens is 258 g/mol. The molecule has 2 rings (SSSR count). The van der Waals surface area contributed by atoms with Crippen LogP contribution in [0, 0.1) is 0 Å². The molecule has 0 aliphatic carbocycles. The van der Waals surface area contributed by atoms with Crippen molar-refractivity contribution in [3.63, 3.8) is 0 Å². The first-order valence-electron chi connectivity index (χ1n) is 6.97. The van der Waals surface area contributed by atoms with Crippen molar-refractivity contribution in [2.75, 3.05) is 26.2 Å². The van der Waals surface area contributed by atoms with Crippen molar-refractivity contribution in [1.82, 2.24) is 24.6 Å². The summed E-state index contributed by atoms with van der Waals surface area (Å²) in [5, 5.41) is 4.10. The zero-order chi connectivity index (χ0) is 14.6. The second kappa shape index (κ2) is 6.21. The number of aromatic nitrogens is 3. The van der Waals surface area contributed by atoms with Crippen LogP contribution in [0.15, 0.2) is 12.7 Å². The highest BCUT2D eigenvalue weighted by Gasteiger charge is 2.24. The monoisotopic (exact) mass is 281 g/mol. The van der Waals surface area contributed by atoms with Crippen LogP contribution in [0.2, 0.25) is 0 Å². The molecule has 1 aliphatic rings. The van der Waals surface area contributed by atoms with E-state index in [1.54, 1.807) is 15.9 Å². The van der Waals surface area contributed by atoms with Crippen molar-refractivity contribution in [3.05, 3.63) is 12.7 Å². The molecule has 1 aliphatic heterocycles. The molecule has 1 aromatic rings. The summed E-state index contributed by atoms with van der Waals surface area (Å²) in [5.41, 5.74) is -0.441. The molecule has 112 valence electrons. The number of rotatable bonds is 2. The highest BCUT2D eigenvalue weighted by atomic mass is 16.6. The molecule has 0 atom stereocenters. The van der Waals surface area contributed by atoms with E-state index in [4.69, 9.17) is 4.74 Å². The van der Waals surface area contributed by atoms with Gasteiger partial charge in [0.1, 0.15) is 18.3 Å². The van der Waals surface area contributed by atoms with E-state index in [0.29, 0.717) is 13.2 Å². The Morgan fingerprint density at radius 3 is 2.70 bits per heavy atom. The molecule has 0 unspecified atom stereocenters. The quantitative estimate of drug-likeness (QED) is 0.814.